The molecule has 6 heteroatoms. The Kier molecular flexibility index (Phi) is 6.14. The summed E-state index contributed by atoms with van der Waals surface area (Å²) in [5.74, 6) is -0.264. The number of nitrogens with zero attached hydrogens (tertiary/aromatic N) is 2. The smallest absolute Gasteiger partial charge is 0.259 e. The van der Waals surface area contributed by atoms with Crippen LogP contribution in [0.2, 0.25) is 0 Å². The number of nitrogens with one attached hydrogen (secondary N) is 1. The first-order valence-corrected chi connectivity index (χ1v) is 11.9. The van der Waals surface area contributed by atoms with Crippen molar-refractivity contribution in [1.82, 2.24) is 10.3 Å². The molecule has 168 valence electrons. The number of rotatable bonds is 5. The van der Waals surface area contributed by atoms with E-state index < -0.39 is 0 Å². The summed E-state index contributed by atoms with van der Waals surface area (Å²) in [7, 11) is 0. The van der Waals surface area contributed by atoms with Crippen molar-refractivity contribution in [2.75, 3.05) is 4.90 Å². The van der Waals surface area contributed by atoms with Gasteiger partial charge in [0.1, 0.15) is 0 Å². The van der Waals surface area contributed by atoms with E-state index in [1.165, 1.54) is 0 Å². The van der Waals surface area contributed by atoms with E-state index in [9.17, 15) is 9.59 Å². The van der Waals surface area contributed by atoms with E-state index in [0.717, 1.165) is 32.2 Å². The monoisotopic (exact) mass is 465 g/mol. The molecule has 3 aromatic carbocycles. The third-order valence-corrected chi connectivity index (χ3v) is 7.00. The van der Waals surface area contributed by atoms with Gasteiger partial charge in [0.05, 0.1) is 17.8 Å². The molecule has 0 bridgehead atoms. The maximum absolute atomic E-state index is 13.7. The molecule has 1 aliphatic rings. The van der Waals surface area contributed by atoms with Crippen LogP contribution >= 0.6 is 11.8 Å². The van der Waals surface area contributed by atoms with Gasteiger partial charge >= 0.3 is 0 Å². The molecule has 0 radical (unpaired) electrons. The molecule has 0 saturated heterocycles. The molecule has 0 unspecified atom stereocenters. The lowest BCUT2D eigenvalue weighted by molar-refractivity contribution is 0.0947. The number of pyridine rings is 1. The van der Waals surface area contributed by atoms with Gasteiger partial charge in [-0.1, -0.05) is 54.2 Å². The van der Waals surface area contributed by atoms with Crippen LogP contribution in [0.15, 0.2) is 101 Å². The number of aryl methyl sites for hydroxylation is 1. The lowest BCUT2D eigenvalue weighted by atomic mass is 10.1. The summed E-state index contributed by atoms with van der Waals surface area (Å²) < 4.78 is 0. The first kappa shape index (κ1) is 21.9. The van der Waals surface area contributed by atoms with Crippen LogP contribution in [-0.4, -0.2) is 16.8 Å². The van der Waals surface area contributed by atoms with Crippen molar-refractivity contribution in [3.8, 4) is 0 Å². The third-order valence-electron chi connectivity index (χ3n) is 5.86. The molecule has 0 spiro atoms. The number of anilines is 1. The van der Waals surface area contributed by atoms with E-state index in [1.54, 1.807) is 29.1 Å². The summed E-state index contributed by atoms with van der Waals surface area (Å²) in [5, 5.41) is 2.95. The standard InChI is InChI=1S/C28H23N3O2S/c1-19-7-2-3-9-22(19)18-31-24-15-21(27(32)30-17-20-8-6-14-29-16-20)12-13-26(24)34-25-11-5-4-10-23(25)28(31)33/h2-16H,17-18H2,1H3,(H,30,32). The number of aromatic nitrogens is 1. The SMILES string of the molecule is Cc1ccccc1CN1C(=O)c2ccccc2Sc2ccc(C(=O)NCc3cccnc3)cc21. The molecule has 2 heterocycles. The van der Waals surface area contributed by atoms with E-state index >= 15 is 0 Å². The Bertz CT molecular complexity index is 1370. The van der Waals surface area contributed by atoms with Gasteiger partial charge in [-0.05, 0) is 60.0 Å². The lowest BCUT2D eigenvalue weighted by Gasteiger charge is -2.24. The second-order valence-corrected chi connectivity index (χ2v) is 9.23. The Balaban J connectivity index is 1.51. The quantitative estimate of drug-likeness (QED) is 0.415. The van der Waals surface area contributed by atoms with Crippen LogP contribution in [0.3, 0.4) is 0 Å². The zero-order chi connectivity index (χ0) is 23.5. The zero-order valence-corrected chi connectivity index (χ0v) is 19.5. The molecule has 0 saturated carbocycles. The molecule has 4 aromatic rings. The van der Waals surface area contributed by atoms with Gasteiger partial charge in [-0.3, -0.25) is 14.6 Å². The van der Waals surface area contributed by atoms with Crippen LogP contribution < -0.4 is 10.2 Å². The van der Waals surface area contributed by atoms with Crippen molar-refractivity contribution in [1.29, 1.82) is 0 Å². The number of benzene rings is 3. The van der Waals surface area contributed by atoms with E-state index in [4.69, 9.17) is 0 Å². The van der Waals surface area contributed by atoms with Gasteiger partial charge in [-0.25, -0.2) is 0 Å². The predicted molar refractivity (Wildman–Crippen MR) is 134 cm³/mol. The molecule has 5 rings (SSSR count). The predicted octanol–water partition coefficient (Wildman–Crippen LogP) is 5.63. The minimum atomic E-state index is -0.193. The van der Waals surface area contributed by atoms with Crippen molar-refractivity contribution < 1.29 is 9.59 Å². The largest absolute Gasteiger partial charge is 0.348 e. The van der Waals surface area contributed by atoms with E-state index in [1.807, 2.05) is 85.8 Å². The third kappa shape index (κ3) is 4.45. The summed E-state index contributed by atoms with van der Waals surface area (Å²) in [5.41, 5.74) is 5.03. The van der Waals surface area contributed by atoms with E-state index in [0.29, 0.717) is 24.2 Å². The van der Waals surface area contributed by atoms with Crippen molar-refractivity contribution in [2.45, 2.75) is 29.8 Å². The molecule has 34 heavy (non-hydrogen) atoms. The average Bonchev–Trinajstić information content (AvgIpc) is 2.98. The van der Waals surface area contributed by atoms with Gasteiger partial charge in [-0.15, -0.1) is 0 Å². The van der Waals surface area contributed by atoms with Crippen LogP contribution in [0.25, 0.3) is 0 Å². The second-order valence-electron chi connectivity index (χ2n) is 8.14. The maximum atomic E-state index is 13.7. The van der Waals surface area contributed by atoms with Crippen LogP contribution in [0, 0.1) is 6.92 Å². The van der Waals surface area contributed by atoms with Crippen LogP contribution in [0.4, 0.5) is 5.69 Å². The second kappa shape index (κ2) is 9.53. The Morgan fingerprint density at radius 2 is 1.79 bits per heavy atom. The number of carbonyl (C=O) groups is 2. The highest BCUT2D eigenvalue weighted by atomic mass is 32.2. The highest BCUT2D eigenvalue weighted by Crippen LogP contribution is 2.42. The number of fused-ring (bicyclic) bond motifs is 2. The molecular formula is C28H23N3O2S. The van der Waals surface area contributed by atoms with Gasteiger partial charge in [0.2, 0.25) is 0 Å². The van der Waals surface area contributed by atoms with E-state index in [2.05, 4.69) is 10.3 Å². The summed E-state index contributed by atoms with van der Waals surface area (Å²) >= 11 is 1.55. The highest BCUT2D eigenvalue weighted by molar-refractivity contribution is 7.99. The molecule has 1 aliphatic heterocycles. The topological polar surface area (TPSA) is 62.3 Å². The summed E-state index contributed by atoms with van der Waals surface area (Å²) in [6.07, 6.45) is 3.43. The minimum Gasteiger partial charge on any atom is -0.348 e. The molecule has 0 aliphatic carbocycles. The summed E-state index contributed by atoms with van der Waals surface area (Å²) in [6, 6.07) is 25.0. The van der Waals surface area contributed by atoms with Gasteiger partial charge < -0.3 is 10.2 Å². The number of amides is 2. The Labute approximate surface area is 202 Å². The maximum Gasteiger partial charge on any atom is 0.259 e. The molecule has 2 amide bonds. The summed E-state index contributed by atoms with van der Waals surface area (Å²) in [4.78, 5) is 34.4. The van der Waals surface area contributed by atoms with Crippen LogP contribution in [-0.2, 0) is 13.1 Å². The minimum absolute atomic E-state index is 0.0713. The Morgan fingerprint density at radius 3 is 2.62 bits per heavy atom. The molecule has 1 N–H and O–H groups in total. The lowest BCUT2D eigenvalue weighted by Crippen LogP contribution is -2.31. The van der Waals surface area contributed by atoms with Crippen molar-refractivity contribution >= 4 is 29.3 Å². The van der Waals surface area contributed by atoms with Gasteiger partial charge in [-0.2, -0.15) is 0 Å². The number of hydrogen-bond acceptors (Lipinski definition) is 4. The van der Waals surface area contributed by atoms with Gasteiger partial charge in [0, 0.05) is 34.3 Å². The van der Waals surface area contributed by atoms with Gasteiger partial charge in [0.25, 0.3) is 11.8 Å². The first-order chi connectivity index (χ1) is 16.6. The molecule has 1 aromatic heterocycles. The molecule has 0 fully saturated rings. The first-order valence-electron chi connectivity index (χ1n) is 11.0. The van der Waals surface area contributed by atoms with Crippen LogP contribution in [0.5, 0.6) is 0 Å². The van der Waals surface area contributed by atoms with Gasteiger partial charge in [0.15, 0.2) is 0 Å². The Hall–Kier alpha value is -3.90. The fourth-order valence-electron chi connectivity index (χ4n) is 3.96. The summed E-state index contributed by atoms with van der Waals surface area (Å²) in [6.45, 7) is 2.85. The fourth-order valence-corrected chi connectivity index (χ4v) is 5.02. The highest BCUT2D eigenvalue weighted by Gasteiger charge is 2.28. The van der Waals surface area contributed by atoms with Crippen molar-refractivity contribution in [2.24, 2.45) is 0 Å². The normalized spacial score (nSPS) is 12.5. The molecular weight excluding hydrogens is 442 g/mol. The Morgan fingerprint density at radius 1 is 0.971 bits per heavy atom. The molecule has 0 atom stereocenters. The van der Waals surface area contributed by atoms with Crippen molar-refractivity contribution in [3.05, 3.63) is 119 Å². The number of hydrogen-bond donors (Lipinski definition) is 1. The zero-order valence-electron chi connectivity index (χ0n) is 18.7. The fraction of sp³-hybridized carbons (Fsp3) is 0.107. The van der Waals surface area contributed by atoms with Crippen LogP contribution in [0.1, 0.15) is 37.4 Å². The van der Waals surface area contributed by atoms with E-state index in [-0.39, 0.29) is 11.8 Å². The molecule has 5 nitrogen and oxygen atoms in total. The van der Waals surface area contributed by atoms with Crippen molar-refractivity contribution in [3.63, 3.8) is 0 Å². The number of carbonyl (C=O) groups excluding carboxylic acids is 2. The average molecular weight is 466 g/mol.